The molecule has 0 bridgehead atoms. The lowest BCUT2D eigenvalue weighted by Crippen LogP contribution is -2.45. The van der Waals surface area contributed by atoms with Crippen LogP contribution < -0.4 is 0 Å². The van der Waals surface area contributed by atoms with Gasteiger partial charge < -0.3 is 9.84 Å². The maximum absolute atomic E-state index is 12.1. The second-order valence-corrected chi connectivity index (χ2v) is 8.42. The number of rotatable bonds is 8. The van der Waals surface area contributed by atoms with Crippen molar-refractivity contribution < 1.29 is 9.84 Å². The highest BCUT2D eigenvalue weighted by molar-refractivity contribution is 6.30. The normalized spacial score (nSPS) is 18.6. The molecule has 0 unspecified atom stereocenters. The highest BCUT2D eigenvalue weighted by Gasteiger charge is 2.40. The molecule has 3 nitrogen and oxygen atoms in total. The molecule has 0 aliphatic carbocycles. The van der Waals surface area contributed by atoms with Crippen LogP contribution in [-0.2, 0) is 10.3 Å². The fraction of sp³-hybridized carbons (Fsp3) is 0.478. The molecule has 0 saturated carbocycles. The molecule has 1 aliphatic rings. The molecule has 1 saturated heterocycles. The molecule has 2 atom stereocenters. The minimum Gasteiger partial charge on any atom is -0.384 e. The standard InChI is InChI=1S/C23H29Cl2NO2/c1-2-3-12-23(27,19-6-10-21(25)11-7-19)22(17-26-13-15-28-16-14-26)18-4-8-20(24)9-5-18/h4-11,22,27H,2-3,12-17H2,1H3/t22-,23+/m0/s1. The summed E-state index contributed by atoms with van der Waals surface area (Å²) in [6, 6.07) is 15.5. The summed E-state index contributed by atoms with van der Waals surface area (Å²) in [5, 5.41) is 13.5. The van der Waals surface area contributed by atoms with Gasteiger partial charge in [-0.3, -0.25) is 4.90 Å². The zero-order chi connectivity index (χ0) is 20.0. The first-order valence-corrected chi connectivity index (χ1v) is 10.8. The Morgan fingerprint density at radius 2 is 1.57 bits per heavy atom. The molecule has 2 aromatic rings. The van der Waals surface area contributed by atoms with E-state index in [2.05, 4.69) is 11.8 Å². The predicted octanol–water partition coefficient (Wildman–Crippen LogP) is 5.49. The van der Waals surface area contributed by atoms with E-state index >= 15 is 0 Å². The van der Waals surface area contributed by atoms with Crippen LogP contribution in [0.5, 0.6) is 0 Å². The van der Waals surface area contributed by atoms with E-state index < -0.39 is 5.60 Å². The van der Waals surface area contributed by atoms with Crippen LogP contribution >= 0.6 is 23.2 Å². The summed E-state index contributed by atoms with van der Waals surface area (Å²) in [4.78, 5) is 2.38. The minimum atomic E-state index is -0.979. The number of halogens is 2. The van der Waals surface area contributed by atoms with E-state index in [9.17, 15) is 5.11 Å². The van der Waals surface area contributed by atoms with Crippen molar-refractivity contribution in [3.8, 4) is 0 Å². The van der Waals surface area contributed by atoms with Crippen molar-refractivity contribution in [2.75, 3.05) is 32.8 Å². The Hall–Kier alpha value is -1.10. The zero-order valence-electron chi connectivity index (χ0n) is 16.4. The molecule has 0 amide bonds. The number of hydrogen-bond acceptors (Lipinski definition) is 3. The maximum atomic E-state index is 12.1. The molecule has 1 N–H and O–H groups in total. The Labute approximate surface area is 178 Å². The maximum Gasteiger partial charge on any atom is 0.0977 e. The van der Waals surface area contributed by atoms with Crippen LogP contribution in [0.15, 0.2) is 48.5 Å². The van der Waals surface area contributed by atoms with Gasteiger partial charge in [-0.2, -0.15) is 0 Å². The van der Waals surface area contributed by atoms with E-state index in [0.29, 0.717) is 16.5 Å². The van der Waals surface area contributed by atoms with Gasteiger partial charge in [0.1, 0.15) is 0 Å². The van der Waals surface area contributed by atoms with Crippen molar-refractivity contribution in [3.05, 3.63) is 69.7 Å². The first kappa shape index (κ1) is 21.6. The van der Waals surface area contributed by atoms with Crippen molar-refractivity contribution >= 4 is 23.2 Å². The van der Waals surface area contributed by atoms with E-state index in [1.165, 1.54) is 0 Å². The van der Waals surface area contributed by atoms with Gasteiger partial charge in [-0.25, -0.2) is 0 Å². The van der Waals surface area contributed by atoms with Gasteiger partial charge in [-0.15, -0.1) is 0 Å². The summed E-state index contributed by atoms with van der Waals surface area (Å²) in [7, 11) is 0. The molecule has 2 aromatic carbocycles. The lowest BCUT2D eigenvalue weighted by Gasteiger charge is -2.41. The predicted molar refractivity (Wildman–Crippen MR) is 116 cm³/mol. The van der Waals surface area contributed by atoms with Crippen LogP contribution in [0.3, 0.4) is 0 Å². The summed E-state index contributed by atoms with van der Waals surface area (Å²) in [5.41, 5.74) is 1.04. The van der Waals surface area contributed by atoms with Crippen LogP contribution in [0.4, 0.5) is 0 Å². The first-order valence-electron chi connectivity index (χ1n) is 10.1. The Kier molecular flexibility index (Phi) is 7.78. The molecule has 28 heavy (non-hydrogen) atoms. The van der Waals surface area contributed by atoms with E-state index in [0.717, 1.165) is 56.8 Å². The number of benzene rings is 2. The first-order chi connectivity index (χ1) is 13.5. The quantitative estimate of drug-likeness (QED) is 0.611. The van der Waals surface area contributed by atoms with Crippen molar-refractivity contribution in [1.82, 2.24) is 4.90 Å². The van der Waals surface area contributed by atoms with Gasteiger partial charge in [-0.1, -0.05) is 67.2 Å². The van der Waals surface area contributed by atoms with Gasteiger partial charge in [0.15, 0.2) is 0 Å². The minimum absolute atomic E-state index is 0.0735. The zero-order valence-corrected chi connectivity index (χ0v) is 17.9. The summed E-state index contributed by atoms with van der Waals surface area (Å²) >= 11 is 12.3. The summed E-state index contributed by atoms with van der Waals surface area (Å²) in [5.74, 6) is -0.0735. The third kappa shape index (κ3) is 5.28. The lowest BCUT2D eigenvalue weighted by atomic mass is 9.74. The third-order valence-electron chi connectivity index (χ3n) is 5.65. The summed E-state index contributed by atoms with van der Waals surface area (Å²) in [6.45, 7) is 6.17. The van der Waals surface area contributed by atoms with Gasteiger partial charge in [0, 0.05) is 35.6 Å². The number of aliphatic hydroxyl groups is 1. The van der Waals surface area contributed by atoms with Crippen molar-refractivity contribution in [1.29, 1.82) is 0 Å². The van der Waals surface area contributed by atoms with Crippen LogP contribution in [0.1, 0.15) is 43.2 Å². The molecule has 0 spiro atoms. The third-order valence-corrected chi connectivity index (χ3v) is 6.15. The lowest BCUT2D eigenvalue weighted by molar-refractivity contribution is -0.0293. The van der Waals surface area contributed by atoms with Crippen molar-refractivity contribution in [2.45, 2.75) is 37.7 Å². The Morgan fingerprint density at radius 3 is 2.14 bits per heavy atom. The van der Waals surface area contributed by atoms with Crippen LogP contribution in [0.25, 0.3) is 0 Å². The molecular weight excluding hydrogens is 393 g/mol. The molecule has 5 heteroatoms. The number of morpholine rings is 1. The van der Waals surface area contributed by atoms with Crippen molar-refractivity contribution in [3.63, 3.8) is 0 Å². The van der Waals surface area contributed by atoms with Gasteiger partial charge in [-0.05, 0) is 41.8 Å². The van der Waals surface area contributed by atoms with E-state index in [1.54, 1.807) is 0 Å². The molecule has 1 heterocycles. The van der Waals surface area contributed by atoms with Gasteiger partial charge in [0.05, 0.1) is 18.8 Å². The molecule has 3 rings (SSSR count). The van der Waals surface area contributed by atoms with Crippen LogP contribution in [0.2, 0.25) is 10.0 Å². The monoisotopic (exact) mass is 421 g/mol. The number of ether oxygens (including phenoxy) is 1. The molecule has 0 aromatic heterocycles. The van der Waals surface area contributed by atoms with Gasteiger partial charge in [0.25, 0.3) is 0 Å². The largest absolute Gasteiger partial charge is 0.384 e. The summed E-state index contributed by atoms with van der Waals surface area (Å²) < 4.78 is 5.51. The second kappa shape index (κ2) is 10.1. The number of unbranched alkanes of at least 4 members (excludes halogenated alkanes) is 1. The molecule has 1 fully saturated rings. The number of hydrogen-bond donors (Lipinski definition) is 1. The Bertz CT molecular complexity index is 729. The van der Waals surface area contributed by atoms with E-state index in [-0.39, 0.29) is 5.92 Å². The fourth-order valence-electron chi connectivity index (χ4n) is 3.97. The average molecular weight is 422 g/mol. The van der Waals surface area contributed by atoms with E-state index in [1.807, 2.05) is 48.5 Å². The van der Waals surface area contributed by atoms with Crippen LogP contribution in [0, 0.1) is 0 Å². The molecule has 0 radical (unpaired) electrons. The number of nitrogens with zero attached hydrogens (tertiary/aromatic N) is 1. The SMILES string of the molecule is CCCC[C@@](O)(c1ccc(Cl)cc1)[C@@H](CN1CCOCC1)c1ccc(Cl)cc1. The van der Waals surface area contributed by atoms with Crippen molar-refractivity contribution in [2.24, 2.45) is 0 Å². The Morgan fingerprint density at radius 1 is 1.00 bits per heavy atom. The fourth-order valence-corrected chi connectivity index (χ4v) is 4.23. The van der Waals surface area contributed by atoms with Gasteiger partial charge >= 0.3 is 0 Å². The summed E-state index contributed by atoms with van der Waals surface area (Å²) in [6.07, 6.45) is 2.68. The van der Waals surface area contributed by atoms with E-state index in [4.69, 9.17) is 27.9 Å². The Balaban J connectivity index is 2.00. The molecule has 152 valence electrons. The topological polar surface area (TPSA) is 32.7 Å². The highest BCUT2D eigenvalue weighted by Crippen LogP contribution is 2.42. The average Bonchev–Trinajstić information content (AvgIpc) is 2.72. The second-order valence-electron chi connectivity index (χ2n) is 7.55. The molecule has 1 aliphatic heterocycles. The smallest absolute Gasteiger partial charge is 0.0977 e. The highest BCUT2D eigenvalue weighted by atomic mass is 35.5. The molecular formula is C23H29Cl2NO2. The van der Waals surface area contributed by atoms with Gasteiger partial charge in [0.2, 0.25) is 0 Å². The van der Waals surface area contributed by atoms with Crippen LogP contribution in [-0.4, -0.2) is 42.9 Å².